The molecule has 0 saturated heterocycles. The minimum absolute atomic E-state index is 0.00471. The summed E-state index contributed by atoms with van der Waals surface area (Å²) in [7, 11) is 0. The van der Waals surface area contributed by atoms with Gasteiger partial charge >= 0.3 is 5.97 Å². The normalized spacial score (nSPS) is 17.5. The zero-order chi connectivity index (χ0) is 10.6. The Bertz CT molecular complexity index is 226. The molecule has 0 spiro atoms. The molecule has 4 N–H and O–H groups in total. The molecule has 1 atom stereocenters. The first-order chi connectivity index (χ1) is 6.59. The number of nitrogens with two attached hydrogens (primary N) is 1. The van der Waals surface area contributed by atoms with Crippen LogP contribution in [0.25, 0.3) is 0 Å². The largest absolute Gasteiger partial charge is 0.480 e. The van der Waals surface area contributed by atoms with Crippen LogP contribution in [-0.4, -0.2) is 29.6 Å². The fourth-order valence-corrected chi connectivity index (χ4v) is 1.15. The molecule has 1 aliphatic carbocycles. The highest BCUT2D eigenvalue weighted by atomic mass is 16.4. The van der Waals surface area contributed by atoms with E-state index in [2.05, 4.69) is 5.32 Å². The van der Waals surface area contributed by atoms with Gasteiger partial charge in [-0.05, 0) is 25.2 Å². The first-order valence-corrected chi connectivity index (χ1v) is 4.84. The molecule has 0 bridgehead atoms. The van der Waals surface area contributed by atoms with Gasteiger partial charge in [-0.2, -0.15) is 0 Å². The number of carboxylic acid groups (broad SMARTS) is 1. The molecule has 80 valence electrons. The average molecular weight is 200 g/mol. The number of carbonyl (C=O) groups is 2. The summed E-state index contributed by atoms with van der Waals surface area (Å²) in [5.74, 6) is -0.463. The van der Waals surface area contributed by atoms with Gasteiger partial charge in [0.1, 0.15) is 6.04 Å². The van der Waals surface area contributed by atoms with Gasteiger partial charge in [-0.3, -0.25) is 9.59 Å². The monoisotopic (exact) mass is 200 g/mol. The van der Waals surface area contributed by atoms with Gasteiger partial charge in [-0.1, -0.05) is 0 Å². The van der Waals surface area contributed by atoms with Crippen molar-refractivity contribution in [3.8, 4) is 0 Å². The molecule has 0 aliphatic heterocycles. The number of amides is 1. The molecule has 0 aromatic rings. The maximum absolute atomic E-state index is 11.1. The van der Waals surface area contributed by atoms with Gasteiger partial charge in [-0.25, -0.2) is 0 Å². The maximum atomic E-state index is 11.1. The fourth-order valence-electron chi connectivity index (χ4n) is 1.15. The summed E-state index contributed by atoms with van der Waals surface area (Å²) in [6.07, 6.45) is 3.14. The minimum Gasteiger partial charge on any atom is -0.480 e. The first-order valence-electron chi connectivity index (χ1n) is 4.84. The molecule has 1 amide bonds. The van der Waals surface area contributed by atoms with E-state index < -0.39 is 12.0 Å². The van der Waals surface area contributed by atoms with Gasteiger partial charge in [0.2, 0.25) is 5.91 Å². The molecule has 1 fully saturated rings. The molecule has 5 nitrogen and oxygen atoms in total. The van der Waals surface area contributed by atoms with Crippen LogP contribution >= 0.6 is 0 Å². The highest BCUT2D eigenvalue weighted by Gasteiger charge is 2.24. The minimum atomic E-state index is -1.03. The van der Waals surface area contributed by atoms with Crippen molar-refractivity contribution in [2.75, 3.05) is 6.54 Å². The lowest BCUT2D eigenvalue weighted by atomic mass is 10.2. The van der Waals surface area contributed by atoms with Crippen molar-refractivity contribution in [2.45, 2.75) is 31.7 Å². The summed E-state index contributed by atoms with van der Waals surface area (Å²) in [4.78, 5) is 21.5. The van der Waals surface area contributed by atoms with Crippen molar-refractivity contribution in [3.05, 3.63) is 0 Å². The van der Waals surface area contributed by atoms with E-state index in [0.717, 1.165) is 12.8 Å². The Kier molecular flexibility index (Phi) is 3.88. The summed E-state index contributed by atoms with van der Waals surface area (Å²) in [6, 6.07) is -0.878. The van der Waals surface area contributed by atoms with Crippen LogP contribution in [0.5, 0.6) is 0 Å². The van der Waals surface area contributed by atoms with E-state index >= 15 is 0 Å². The number of hydrogen-bond donors (Lipinski definition) is 3. The van der Waals surface area contributed by atoms with Gasteiger partial charge in [0, 0.05) is 13.0 Å². The molecular formula is C9H16N2O3. The number of hydrogen-bond acceptors (Lipinski definition) is 3. The Morgan fingerprint density at radius 1 is 1.50 bits per heavy atom. The number of rotatable bonds is 6. The second kappa shape index (κ2) is 4.95. The van der Waals surface area contributed by atoms with Gasteiger partial charge in [0.05, 0.1) is 0 Å². The molecule has 14 heavy (non-hydrogen) atoms. The highest BCUT2D eigenvalue weighted by Crippen LogP contribution is 2.31. The topological polar surface area (TPSA) is 92.4 Å². The van der Waals surface area contributed by atoms with Gasteiger partial charge in [-0.15, -0.1) is 0 Å². The summed E-state index contributed by atoms with van der Waals surface area (Å²) in [5, 5.41) is 11.1. The molecule has 0 unspecified atom stereocenters. The van der Waals surface area contributed by atoms with Crippen molar-refractivity contribution in [1.82, 2.24) is 5.32 Å². The first kappa shape index (κ1) is 11.0. The lowest BCUT2D eigenvalue weighted by Gasteiger charge is -2.07. The quantitative estimate of drug-likeness (QED) is 0.549. The van der Waals surface area contributed by atoms with E-state index in [4.69, 9.17) is 10.8 Å². The Hall–Kier alpha value is -1.10. The summed E-state index contributed by atoms with van der Waals surface area (Å²) >= 11 is 0. The van der Waals surface area contributed by atoms with E-state index in [0.29, 0.717) is 18.9 Å². The fraction of sp³-hybridized carbons (Fsp3) is 0.778. The van der Waals surface area contributed by atoms with Gasteiger partial charge < -0.3 is 16.2 Å². The Morgan fingerprint density at radius 2 is 2.14 bits per heavy atom. The van der Waals surface area contributed by atoms with Crippen LogP contribution < -0.4 is 11.1 Å². The number of nitrogens with one attached hydrogen (secondary N) is 1. The number of carboxylic acids is 1. The second-order valence-electron chi connectivity index (χ2n) is 3.73. The van der Waals surface area contributed by atoms with Crippen LogP contribution in [-0.2, 0) is 9.59 Å². The SMILES string of the molecule is N[C@@H](CCNC(=O)CC1CC1)C(=O)O. The van der Waals surface area contributed by atoms with Gasteiger partial charge in [0.15, 0.2) is 0 Å². The lowest BCUT2D eigenvalue weighted by molar-refractivity contribution is -0.138. The summed E-state index contributed by atoms with van der Waals surface area (Å²) in [5.41, 5.74) is 5.27. The summed E-state index contributed by atoms with van der Waals surface area (Å²) < 4.78 is 0. The van der Waals surface area contributed by atoms with Crippen LogP contribution in [0.1, 0.15) is 25.7 Å². The third-order valence-corrected chi connectivity index (χ3v) is 2.27. The predicted octanol–water partition coefficient (Wildman–Crippen LogP) is -0.295. The average Bonchev–Trinajstić information content (AvgIpc) is 2.87. The number of aliphatic carboxylic acids is 1. The van der Waals surface area contributed by atoms with Gasteiger partial charge in [0.25, 0.3) is 0 Å². The van der Waals surface area contributed by atoms with Crippen LogP contribution in [0.2, 0.25) is 0 Å². The van der Waals surface area contributed by atoms with Crippen LogP contribution in [0.15, 0.2) is 0 Å². The molecule has 0 radical (unpaired) electrons. The summed E-state index contributed by atoms with van der Waals surface area (Å²) in [6.45, 7) is 0.346. The van der Waals surface area contributed by atoms with Crippen LogP contribution in [0.3, 0.4) is 0 Å². The maximum Gasteiger partial charge on any atom is 0.320 e. The molecule has 0 aromatic heterocycles. The second-order valence-corrected chi connectivity index (χ2v) is 3.73. The smallest absolute Gasteiger partial charge is 0.320 e. The predicted molar refractivity (Wildman–Crippen MR) is 50.6 cm³/mol. The third-order valence-electron chi connectivity index (χ3n) is 2.27. The molecule has 0 heterocycles. The molecule has 0 aromatic carbocycles. The standard InChI is InChI=1S/C9H16N2O3/c10-7(9(13)14)3-4-11-8(12)5-6-1-2-6/h6-7H,1-5,10H2,(H,11,12)(H,13,14)/t7-/m0/s1. The van der Waals surface area contributed by atoms with Crippen molar-refractivity contribution < 1.29 is 14.7 Å². The highest BCUT2D eigenvalue weighted by molar-refractivity contribution is 5.76. The van der Waals surface area contributed by atoms with E-state index in [9.17, 15) is 9.59 Å². The van der Waals surface area contributed by atoms with E-state index in [-0.39, 0.29) is 12.3 Å². The molecule has 1 rings (SSSR count). The lowest BCUT2D eigenvalue weighted by Crippen LogP contribution is -2.35. The van der Waals surface area contributed by atoms with E-state index in [1.165, 1.54) is 0 Å². The van der Waals surface area contributed by atoms with Crippen molar-refractivity contribution in [2.24, 2.45) is 11.7 Å². The molecule has 5 heteroatoms. The third kappa shape index (κ3) is 4.23. The van der Waals surface area contributed by atoms with E-state index in [1.807, 2.05) is 0 Å². The van der Waals surface area contributed by atoms with Crippen molar-refractivity contribution in [3.63, 3.8) is 0 Å². The zero-order valence-electron chi connectivity index (χ0n) is 8.03. The Morgan fingerprint density at radius 3 is 2.64 bits per heavy atom. The van der Waals surface area contributed by atoms with Crippen molar-refractivity contribution >= 4 is 11.9 Å². The van der Waals surface area contributed by atoms with E-state index in [1.54, 1.807) is 0 Å². The van der Waals surface area contributed by atoms with Crippen LogP contribution in [0.4, 0.5) is 0 Å². The van der Waals surface area contributed by atoms with Crippen molar-refractivity contribution in [1.29, 1.82) is 0 Å². The number of carbonyl (C=O) groups excluding carboxylic acids is 1. The molecule has 1 saturated carbocycles. The van der Waals surface area contributed by atoms with Crippen LogP contribution in [0, 0.1) is 5.92 Å². The molecule has 1 aliphatic rings. The molecular weight excluding hydrogens is 184 g/mol. The zero-order valence-corrected chi connectivity index (χ0v) is 8.03. The Labute approximate surface area is 82.7 Å². The Balaban J connectivity index is 2.01.